The molecule has 0 aliphatic heterocycles. The Morgan fingerprint density at radius 1 is 1.08 bits per heavy atom. The Labute approximate surface area is 156 Å². The highest BCUT2D eigenvalue weighted by Crippen LogP contribution is 2.24. The maximum absolute atomic E-state index is 11.8. The van der Waals surface area contributed by atoms with Gasteiger partial charge in [-0.2, -0.15) is 0 Å². The largest absolute Gasteiger partial charge is 0.478 e. The van der Waals surface area contributed by atoms with Crippen molar-refractivity contribution in [3.63, 3.8) is 0 Å². The molecule has 0 aliphatic carbocycles. The Hall–Kier alpha value is -1.70. The summed E-state index contributed by atoms with van der Waals surface area (Å²) in [5.74, 6) is -1.12. The minimum absolute atomic E-state index is 0.0146. The second kappa shape index (κ2) is 8.96. The summed E-state index contributed by atoms with van der Waals surface area (Å²) in [7, 11) is 0. The van der Waals surface area contributed by atoms with Crippen LogP contribution in [0.1, 0.15) is 15.9 Å². The summed E-state index contributed by atoms with van der Waals surface area (Å²) in [6.07, 6.45) is 0. The molecule has 7 heteroatoms. The number of carbonyl (C=O) groups excluding carboxylic acids is 1. The minimum atomic E-state index is -1.01. The molecule has 0 unspecified atom stereocenters. The van der Waals surface area contributed by atoms with Gasteiger partial charge in [-0.25, -0.2) is 4.79 Å². The molecule has 0 aromatic heterocycles. The number of carboxylic acid groups (broad SMARTS) is 1. The number of carboxylic acids is 1. The Morgan fingerprint density at radius 2 is 1.88 bits per heavy atom. The maximum atomic E-state index is 11.8. The maximum Gasteiger partial charge on any atom is 0.335 e. The van der Waals surface area contributed by atoms with Crippen LogP contribution in [0.3, 0.4) is 0 Å². The molecule has 0 saturated carbocycles. The van der Waals surface area contributed by atoms with E-state index in [-0.39, 0.29) is 24.5 Å². The van der Waals surface area contributed by atoms with E-state index in [1.807, 2.05) is 18.2 Å². The number of anilines is 1. The topological polar surface area (TPSA) is 75.6 Å². The van der Waals surface area contributed by atoms with Crippen molar-refractivity contribution < 1.29 is 19.4 Å². The van der Waals surface area contributed by atoms with E-state index in [1.165, 1.54) is 12.1 Å². The number of benzene rings is 2. The molecule has 0 saturated heterocycles. The van der Waals surface area contributed by atoms with Crippen LogP contribution in [0.15, 0.2) is 51.4 Å². The van der Waals surface area contributed by atoms with Crippen molar-refractivity contribution in [3.05, 3.63) is 62.5 Å². The van der Waals surface area contributed by atoms with Gasteiger partial charge in [0.2, 0.25) is 0 Å². The number of carbonyl (C=O) groups is 2. The van der Waals surface area contributed by atoms with Crippen molar-refractivity contribution in [3.8, 4) is 0 Å². The third kappa shape index (κ3) is 5.74. The zero-order chi connectivity index (χ0) is 17.5. The van der Waals surface area contributed by atoms with Gasteiger partial charge in [0.05, 0.1) is 18.7 Å². The van der Waals surface area contributed by atoms with Gasteiger partial charge in [0.1, 0.15) is 6.61 Å². The van der Waals surface area contributed by atoms with Crippen LogP contribution in [-0.2, 0) is 16.1 Å². The summed E-state index contributed by atoms with van der Waals surface area (Å²) in [6.45, 7) is 0.401. The van der Waals surface area contributed by atoms with Crippen LogP contribution in [0.25, 0.3) is 0 Å². The smallest absolute Gasteiger partial charge is 0.335 e. The van der Waals surface area contributed by atoms with Crippen molar-refractivity contribution in [1.29, 1.82) is 0 Å². The lowest BCUT2D eigenvalue weighted by atomic mass is 10.2. The molecule has 0 aliphatic rings. The van der Waals surface area contributed by atoms with Gasteiger partial charge in [0.25, 0.3) is 0 Å². The Bertz CT molecular complexity index is 749. The number of aromatic carboxylic acids is 1. The quantitative estimate of drug-likeness (QED) is 0.625. The molecule has 5 nitrogen and oxygen atoms in total. The van der Waals surface area contributed by atoms with Gasteiger partial charge in [-0.1, -0.05) is 12.1 Å². The summed E-state index contributed by atoms with van der Waals surface area (Å²) in [6, 6.07) is 12.0. The van der Waals surface area contributed by atoms with Crippen LogP contribution in [0.4, 0.5) is 5.69 Å². The molecule has 2 N–H and O–H groups in total. The number of ketones is 1. The Morgan fingerprint density at radius 3 is 2.58 bits per heavy atom. The van der Waals surface area contributed by atoms with Crippen LogP contribution in [0, 0.1) is 0 Å². The van der Waals surface area contributed by atoms with E-state index in [1.54, 1.807) is 12.1 Å². The van der Waals surface area contributed by atoms with Gasteiger partial charge in [-0.15, -0.1) is 0 Å². The number of nitrogens with one attached hydrogen (secondary N) is 1. The summed E-state index contributed by atoms with van der Waals surface area (Å²) < 4.78 is 7.29. The predicted molar refractivity (Wildman–Crippen MR) is 98.4 cm³/mol. The first kappa shape index (κ1) is 18.6. The fourth-order valence-electron chi connectivity index (χ4n) is 1.93. The number of hydrogen-bond donors (Lipinski definition) is 2. The van der Waals surface area contributed by atoms with Crippen LogP contribution >= 0.6 is 31.9 Å². The lowest BCUT2D eigenvalue weighted by Crippen LogP contribution is -2.19. The fraction of sp³-hybridized carbons (Fsp3) is 0.176. The highest BCUT2D eigenvalue weighted by molar-refractivity contribution is 9.13. The summed E-state index contributed by atoms with van der Waals surface area (Å²) in [5, 5.41) is 11.8. The number of hydrogen-bond acceptors (Lipinski definition) is 4. The first-order chi connectivity index (χ1) is 11.5. The molecule has 0 amide bonds. The third-order valence-corrected chi connectivity index (χ3v) is 4.99. The molecule has 0 atom stereocenters. The van der Waals surface area contributed by atoms with Gasteiger partial charge >= 0.3 is 5.97 Å². The third-order valence-electron chi connectivity index (χ3n) is 3.11. The average molecular weight is 457 g/mol. The van der Waals surface area contributed by atoms with Crippen LogP contribution < -0.4 is 5.32 Å². The number of Topliss-reactive ketones (excluding diaryl/α,β-unsaturated/α-hetero) is 1. The predicted octanol–water partition coefficient (Wildman–Crippen LogP) is 4.11. The normalized spacial score (nSPS) is 10.4. The molecule has 2 aromatic carbocycles. The van der Waals surface area contributed by atoms with E-state index in [4.69, 9.17) is 9.84 Å². The van der Waals surface area contributed by atoms with Crippen molar-refractivity contribution in [2.75, 3.05) is 18.5 Å². The Kier molecular flexibility index (Phi) is 6.96. The van der Waals surface area contributed by atoms with E-state index in [2.05, 4.69) is 37.2 Å². The molecule has 2 rings (SSSR count). The lowest BCUT2D eigenvalue weighted by Gasteiger charge is -2.08. The van der Waals surface area contributed by atoms with E-state index in [0.717, 1.165) is 14.5 Å². The molecule has 0 bridgehead atoms. The summed E-state index contributed by atoms with van der Waals surface area (Å²) >= 11 is 6.80. The van der Waals surface area contributed by atoms with Crippen molar-refractivity contribution in [2.45, 2.75) is 6.61 Å². The lowest BCUT2D eigenvalue weighted by molar-refractivity contribution is -0.122. The molecule has 126 valence electrons. The fourth-order valence-corrected chi connectivity index (χ4v) is 2.60. The molecular weight excluding hydrogens is 442 g/mol. The molecule has 0 fully saturated rings. The highest BCUT2D eigenvalue weighted by Gasteiger charge is 2.06. The second-order valence-electron chi connectivity index (χ2n) is 5.02. The molecule has 2 aromatic rings. The molecule has 0 radical (unpaired) electrons. The van der Waals surface area contributed by atoms with Crippen LogP contribution in [0.2, 0.25) is 0 Å². The van der Waals surface area contributed by atoms with Crippen molar-refractivity contribution >= 4 is 49.3 Å². The van der Waals surface area contributed by atoms with E-state index < -0.39 is 5.97 Å². The second-order valence-corrected chi connectivity index (χ2v) is 6.73. The van der Waals surface area contributed by atoms with E-state index >= 15 is 0 Å². The van der Waals surface area contributed by atoms with Crippen molar-refractivity contribution in [1.82, 2.24) is 0 Å². The van der Waals surface area contributed by atoms with E-state index in [9.17, 15) is 9.59 Å². The van der Waals surface area contributed by atoms with Gasteiger partial charge in [-0.3, -0.25) is 4.79 Å². The summed E-state index contributed by atoms with van der Waals surface area (Å²) in [4.78, 5) is 22.7. The summed E-state index contributed by atoms with van der Waals surface area (Å²) in [5.41, 5.74) is 1.71. The zero-order valence-corrected chi connectivity index (χ0v) is 15.8. The molecule has 0 heterocycles. The SMILES string of the molecule is O=C(CNc1cccc(C(=O)O)c1)COCc1ccc(Br)c(Br)c1. The number of ether oxygens (including phenoxy) is 1. The number of rotatable bonds is 8. The first-order valence-electron chi connectivity index (χ1n) is 7.06. The molecule has 0 spiro atoms. The van der Waals surface area contributed by atoms with Gasteiger partial charge in [0, 0.05) is 14.6 Å². The molecule has 24 heavy (non-hydrogen) atoms. The number of halogens is 2. The van der Waals surface area contributed by atoms with Crippen LogP contribution in [0.5, 0.6) is 0 Å². The highest BCUT2D eigenvalue weighted by atomic mass is 79.9. The Balaban J connectivity index is 1.76. The zero-order valence-electron chi connectivity index (χ0n) is 12.6. The van der Waals surface area contributed by atoms with Crippen molar-refractivity contribution in [2.24, 2.45) is 0 Å². The van der Waals surface area contributed by atoms with Crippen LogP contribution in [-0.4, -0.2) is 30.0 Å². The minimum Gasteiger partial charge on any atom is -0.478 e. The average Bonchev–Trinajstić information content (AvgIpc) is 2.56. The van der Waals surface area contributed by atoms with Gasteiger partial charge in [0.15, 0.2) is 5.78 Å². The van der Waals surface area contributed by atoms with E-state index in [0.29, 0.717) is 12.3 Å². The monoisotopic (exact) mass is 455 g/mol. The first-order valence-corrected chi connectivity index (χ1v) is 8.65. The standard InChI is InChI=1S/C17H15Br2NO4/c18-15-5-4-11(6-16(15)19)9-24-10-14(21)8-20-13-3-1-2-12(7-13)17(22)23/h1-7,20H,8-10H2,(H,22,23). The molecular formula is C17H15Br2NO4. The van der Waals surface area contributed by atoms with Gasteiger partial charge < -0.3 is 15.2 Å². The van der Waals surface area contributed by atoms with Gasteiger partial charge in [-0.05, 0) is 67.8 Å².